The van der Waals surface area contributed by atoms with Gasteiger partial charge in [-0.05, 0) is 65.9 Å². The van der Waals surface area contributed by atoms with E-state index in [4.69, 9.17) is 4.42 Å². The zero-order valence-corrected chi connectivity index (χ0v) is 16.7. The summed E-state index contributed by atoms with van der Waals surface area (Å²) < 4.78 is 5.86. The fraction of sp³-hybridized carbons (Fsp3) is 0.200. The highest BCUT2D eigenvalue weighted by molar-refractivity contribution is 6.04. The van der Waals surface area contributed by atoms with Crippen LogP contribution in [0.5, 0.6) is 0 Å². The van der Waals surface area contributed by atoms with Gasteiger partial charge in [0.05, 0.1) is 0 Å². The van der Waals surface area contributed by atoms with Crippen molar-refractivity contribution in [1.82, 2.24) is 4.98 Å². The zero-order chi connectivity index (χ0) is 20.2. The molecular weight excluding hydrogens is 360 g/mol. The first-order valence-corrected chi connectivity index (χ1v) is 10.0. The molecule has 3 aromatic carbocycles. The van der Waals surface area contributed by atoms with Crippen LogP contribution in [0.25, 0.3) is 11.1 Å². The van der Waals surface area contributed by atoms with Crippen molar-refractivity contribution in [3.8, 4) is 0 Å². The van der Waals surface area contributed by atoms with E-state index < -0.39 is 0 Å². The molecule has 0 aliphatic rings. The lowest BCUT2D eigenvalue weighted by Gasteiger charge is -2.07. The molecule has 1 heterocycles. The lowest BCUT2D eigenvalue weighted by Crippen LogP contribution is -2.11. The van der Waals surface area contributed by atoms with Gasteiger partial charge < -0.3 is 9.73 Å². The van der Waals surface area contributed by atoms with Crippen LogP contribution in [0.1, 0.15) is 46.8 Å². The summed E-state index contributed by atoms with van der Waals surface area (Å²) in [4.78, 5) is 17.0. The summed E-state index contributed by atoms with van der Waals surface area (Å²) in [7, 11) is 0. The van der Waals surface area contributed by atoms with Crippen molar-refractivity contribution in [2.45, 2.75) is 33.1 Å². The third-order valence-corrected chi connectivity index (χ3v) is 5.10. The van der Waals surface area contributed by atoms with Gasteiger partial charge in [-0.2, -0.15) is 0 Å². The monoisotopic (exact) mass is 384 g/mol. The maximum atomic E-state index is 12.4. The number of carbonyl (C=O) groups excluding carboxylic acids is 1. The predicted molar refractivity (Wildman–Crippen MR) is 116 cm³/mol. The topological polar surface area (TPSA) is 55.1 Å². The lowest BCUT2D eigenvalue weighted by atomic mass is 10.1. The summed E-state index contributed by atoms with van der Waals surface area (Å²) in [6, 6.07) is 21.6. The number of fused-ring (bicyclic) bond motifs is 1. The first-order valence-electron chi connectivity index (χ1n) is 10.0. The molecule has 4 nitrogen and oxygen atoms in total. The third-order valence-electron chi connectivity index (χ3n) is 5.10. The van der Waals surface area contributed by atoms with Crippen LogP contribution in [0, 0.1) is 0 Å². The summed E-state index contributed by atoms with van der Waals surface area (Å²) in [6.45, 7) is 4.22. The number of hydrogen-bond donors (Lipinski definition) is 1. The molecule has 4 aromatic rings. The van der Waals surface area contributed by atoms with Gasteiger partial charge in [0.1, 0.15) is 5.52 Å². The number of amides is 1. The van der Waals surface area contributed by atoms with Gasteiger partial charge in [-0.3, -0.25) is 4.79 Å². The van der Waals surface area contributed by atoms with Crippen LogP contribution in [-0.4, -0.2) is 10.9 Å². The molecule has 4 rings (SSSR count). The number of oxazole rings is 1. The van der Waals surface area contributed by atoms with Crippen LogP contribution in [-0.2, 0) is 19.3 Å². The molecule has 0 aliphatic carbocycles. The molecule has 0 fully saturated rings. The van der Waals surface area contributed by atoms with Crippen LogP contribution in [0.15, 0.2) is 71.1 Å². The van der Waals surface area contributed by atoms with Crippen molar-refractivity contribution in [2.75, 3.05) is 5.32 Å². The average Bonchev–Trinajstić information content (AvgIpc) is 3.16. The molecule has 0 bridgehead atoms. The van der Waals surface area contributed by atoms with Crippen molar-refractivity contribution < 1.29 is 9.21 Å². The van der Waals surface area contributed by atoms with Crippen LogP contribution in [0.4, 0.5) is 5.69 Å². The Labute approximate surface area is 170 Å². The smallest absolute Gasteiger partial charge is 0.255 e. The molecule has 146 valence electrons. The number of carbonyl (C=O) groups is 1. The van der Waals surface area contributed by atoms with E-state index >= 15 is 0 Å². The minimum atomic E-state index is -0.105. The zero-order valence-electron chi connectivity index (χ0n) is 16.7. The molecule has 0 atom stereocenters. The van der Waals surface area contributed by atoms with E-state index in [0.717, 1.165) is 35.2 Å². The van der Waals surface area contributed by atoms with Gasteiger partial charge in [-0.25, -0.2) is 4.98 Å². The third kappa shape index (κ3) is 4.37. The standard InChI is InChI=1S/C25H24N2O2/c1-3-17-5-10-20(11-6-17)25(28)26-21-12-7-19(8-13-21)16-24-27-22-15-18(4-2)9-14-23(22)29-24/h5-15H,3-4,16H2,1-2H3,(H,26,28). The van der Waals surface area contributed by atoms with Gasteiger partial charge in [0.2, 0.25) is 0 Å². The summed E-state index contributed by atoms with van der Waals surface area (Å²) in [5.74, 6) is 0.590. The Balaban J connectivity index is 1.42. The van der Waals surface area contributed by atoms with Crippen molar-refractivity contribution in [1.29, 1.82) is 0 Å². The van der Waals surface area contributed by atoms with E-state index in [9.17, 15) is 4.79 Å². The Morgan fingerprint density at radius 3 is 2.21 bits per heavy atom. The number of hydrogen-bond acceptors (Lipinski definition) is 3. The molecule has 1 amide bonds. The Hall–Kier alpha value is -3.40. The summed E-state index contributed by atoms with van der Waals surface area (Å²) in [5.41, 5.74) is 6.69. The van der Waals surface area contributed by atoms with Gasteiger partial charge in [0.25, 0.3) is 5.91 Å². The average molecular weight is 384 g/mol. The van der Waals surface area contributed by atoms with Crippen molar-refractivity contribution in [3.05, 3.63) is 94.9 Å². The molecule has 0 saturated heterocycles. The van der Waals surface area contributed by atoms with Crippen molar-refractivity contribution in [3.63, 3.8) is 0 Å². The highest BCUT2D eigenvalue weighted by Gasteiger charge is 2.09. The van der Waals surface area contributed by atoms with Crippen LogP contribution in [0.3, 0.4) is 0 Å². The number of nitrogens with one attached hydrogen (secondary N) is 1. The number of aryl methyl sites for hydroxylation is 2. The molecule has 1 aromatic heterocycles. The Bertz CT molecular complexity index is 1130. The maximum absolute atomic E-state index is 12.4. The Morgan fingerprint density at radius 1 is 0.862 bits per heavy atom. The largest absolute Gasteiger partial charge is 0.440 e. The molecule has 1 N–H and O–H groups in total. The summed E-state index contributed by atoms with van der Waals surface area (Å²) >= 11 is 0. The van der Waals surface area contributed by atoms with E-state index in [1.54, 1.807) is 0 Å². The van der Waals surface area contributed by atoms with E-state index in [0.29, 0.717) is 17.9 Å². The molecular formula is C25H24N2O2. The first kappa shape index (κ1) is 18.9. The van der Waals surface area contributed by atoms with Gasteiger partial charge in [-0.1, -0.05) is 44.2 Å². The highest BCUT2D eigenvalue weighted by Crippen LogP contribution is 2.20. The van der Waals surface area contributed by atoms with Crippen LogP contribution >= 0.6 is 0 Å². The van der Waals surface area contributed by atoms with E-state index in [-0.39, 0.29) is 5.91 Å². The van der Waals surface area contributed by atoms with E-state index in [2.05, 4.69) is 36.3 Å². The lowest BCUT2D eigenvalue weighted by molar-refractivity contribution is 0.102. The number of rotatable bonds is 6. The minimum absolute atomic E-state index is 0.105. The SMILES string of the molecule is CCc1ccc(C(=O)Nc2ccc(Cc3nc4cc(CC)ccc4o3)cc2)cc1. The van der Waals surface area contributed by atoms with Crippen LogP contribution in [0.2, 0.25) is 0 Å². The molecule has 0 unspecified atom stereocenters. The van der Waals surface area contributed by atoms with Crippen molar-refractivity contribution in [2.24, 2.45) is 0 Å². The molecule has 0 spiro atoms. The second-order valence-corrected chi connectivity index (χ2v) is 7.14. The molecule has 0 aliphatic heterocycles. The maximum Gasteiger partial charge on any atom is 0.255 e. The summed E-state index contributed by atoms with van der Waals surface area (Å²) in [6.07, 6.45) is 2.56. The number of anilines is 1. The van der Waals surface area contributed by atoms with E-state index in [1.807, 2.05) is 54.6 Å². The molecule has 29 heavy (non-hydrogen) atoms. The molecule has 0 radical (unpaired) electrons. The quantitative estimate of drug-likeness (QED) is 0.457. The van der Waals surface area contributed by atoms with Gasteiger partial charge >= 0.3 is 0 Å². The van der Waals surface area contributed by atoms with Gasteiger partial charge in [0, 0.05) is 17.7 Å². The highest BCUT2D eigenvalue weighted by atomic mass is 16.3. The fourth-order valence-electron chi connectivity index (χ4n) is 3.29. The first-order chi connectivity index (χ1) is 14.1. The van der Waals surface area contributed by atoms with Gasteiger partial charge in [-0.15, -0.1) is 0 Å². The number of benzene rings is 3. The normalized spacial score (nSPS) is 11.0. The second-order valence-electron chi connectivity index (χ2n) is 7.14. The number of aromatic nitrogens is 1. The predicted octanol–water partition coefficient (Wildman–Crippen LogP) is 5.80. The Morgan fingerprint density at radius 2 is 1.52 bits per heavy atom. The summed E-state index contributed by atoms with van der Waals surface area (Å²) in [5, 5.41) is 2.94. The fourth-order valence-corrected chi connectivity index (χ4v) is 3.29. The molecule has 0 saturated carbocycles. The number of nitrogens with zero attached hydrogens (tertiary/aromatic N) is 1. The van der Waals surface area contributed by atoms with Crippen molar-refractivity contribution >= 4 is 22.7 Å². The van der Waals surface area contributed by atoms with Crippen LogP contribution < -0.4 is 5.32 Å². The van der Waals surface area contributed by atoms with E-state index in [1.165, 1.54) is 11.1 Å². The molecule has 4 heteroatoms. The second kappa shape index (κ2) is 8.31. The van der Waals surface area contributed by atoms with Gasteiger partial charge in [0.15, 0.2) is 11.5 Å². The minimum Gasteiger partial charge on any atom is -0.440 e. The Kier molecular flexibility index (Phi) is 5.43.